The monoisotopic (exact) mass is 859 g/mol. The highest BCUT2D eigenvalue weighted by atomic mass is 16.5. The van der Waals surface area contributed by atoms with Crippen LogP contribution in [0.3, 0.4) is 0 Å². The van der Waals surface area contributed by atoms with E-state index in [9.17, 15) is 19.2 Å². The minimum atomic E-state index is -0.691. The second kappa shape index (κ2) is 18.0. The minimum Gasteiger partial charge on any atom is -0.488 e. The number of hydrogen-bond donors (Lipinski definition) is 4. The number of fused-ring (bicyclic) bond motifs is 6. The van der Waals surface area contributed by atoms with E-state index in [0.29, 0.717) is 19.1 Å². The van der Waals surface area contributed by atoms with Crippen molar-refractivity contribution < 1.29 is 33.4 Å². The van der Waals surface area contributed by atoms with Crippen LogP contribution in [0.4, 0.5) is 9.59 Å². The van der Waals surface area contributed by atoms with Gasteiger partial charge in [-0.25, -0.2) is 14.6 Å². The highest BCUT2D eigenvalue weighted by Gasteiger charge is 2.51. The topological polar surface area (TPSA) is 167 Å². The molecule has 1 aliphatic carbocycles. The molecule has 8 rings (SSSR count). The van der Waals surface area contributed by atoms with Crippen molar-refractivity contribution in [2.24, 2.45) is 17.8 Å². The molecule has 2 bridgehead atoms. The van der Waals surface area contributed by atoms with Crippen LogP contribution in [0.25, 0.3) is 39.0 Å². The number of carbonyl (C=O) groups is 4. The first-order chi connectivity index (χ1) is 30.3. The zero-order chi connectivity index (χ0) is 44.7. The molecule has 334 valence electrons. The summed E-state index contributed by atoms with van der Waals surface area (Å²) >= 11 is 0. The number of aromatic nitrogens is 2. The SMILES string of the molecule is C/C=C(\NC(C)[C@@H]1CCCN1C(=O)[C@@H](NC(=O)OC)C(C)C)c1ccc2c(c1)COc1cc(-c3ccc4nc([C@@H]5[C@H]6CC[C@H](C6)N5C(=O)[C@@H](NC(=O)OC)C(C)C)[nH]c4c3)ccc1-2. The van der Waals surface area contributed by atoms with Gasteiger partial charge in [-0.2, -0.15) is 0 Å². The summed E-state index contributed by atoms with van der Waals surface area (Å²) in [7, 11) is 2.62. The fourth-order valence-corrected chi connectivity index (χ4v) is 10.3. The van der Waals surface area contributed by atoms with Crippen molar-refractivity contribution in [3.63, 3.8) is 0 Å². The molecular weight excluding hydrogens is 799 g/mol. The van der Waals surface area contributed by atoms with Crippen LogP contribution in [-0.4, -0.2) is 94.7 Å². The summed E-state index contributed by atoms with van der Waals surface area (Å²) < 4.78 is 16.1. The molecule has 1 unspecified atom stereocenters. The second-order valence-corrected chi connectivity index (χ2v) is 18.2. The number of imidazole rings is 1. The van der Waals surface area contributed by atoms with Crippen molar-refractivity contribution in [3.8, 4) is 28.0 Å². The largest absolute Gasteiger partial charge is 0.488 e. The molecule has 0 spiro atoms. The van der Waals surface area contributed by atoms with Crippen LogP contribution in [0.1, 0.15) is 96.6 Å². The molecule has 2 saturated heterocycles. The molecule has 0 radical (unpaired) electrons. The Kier molecular flexibility index (Phi) is 12.4. The van der Waals surface area contributed by atoms with Crippen LogP contribution in [0, 0.1) is 17.8 Å². The molecule has 63 heavy (non-hydrogen) atoms. The van der Waals surface area contributed by atoms with Crippen molar-refractivity contribution in [1.29, 1.82) is 0 Å². The van der Waals surface area contributed by atoms with Gasteiger partial charge in [-0.3, -0.25) is 9.59 Å². The van der Waals surface area contributed by atoms with E-state index >= 15 is 0 Å². The van der Waals surface area contributed by atoms with Gasteiger partial charge in [0.15, 0.2) is 0 Å². The predicted molar refractivity (Wildman–Crippen MR) is 241 cm³/mol. The maximum absolute atomic E-state index is 14.1. The molecule has 4 amide bonds. The first-order valence-corrected chi connectivity index (χ1v) is 22.4. The maximum atomic E-state index is 14.1. The number of ether oxygens (including phenoxy) is 3. The van der Waals surface area contributed by atoms with Crippen LogP contribution in [0.2, 0.25) is 0 Å². The van der Waals surface area contributed by atoms with Crippen LogP contribution in [0.15, 0.2) is 60.7 Å². The van der Waals surface area contributed by atoms with E-state index in [2.05, 4.69) is 82.5 Å². The van der Waals surface area contributed by atoms with Crippen molar-refractivity contribution in [2.75, 3.05) is 20.8 Å². The van der Waals surface area contributed by atoms with Gasteiger partial charge in [0.2, 0.25) is 11.8 Å². The molecule has 14 nitrogen and oxygen atoms in total. The number of likely N-dealkylation sites (tertiary alicyclic amines) is 2. The summed E-state index contributed by atoms with van der Waals surface area (Å²) in [4.78, 5) is 64.5. The van der Waals surface area contributed by atoms with Gasteiger partial charge in [-0.05, 0) is 116 Å². The lowest BCUT2D eigenvalue weighted by atomic mass is 9.92. The van der Waals surface area contributed by atoms with Gasteiger partial charge in [0.25, 0.3) is 0 Å². The Bertz CT molecular complexity index is 2430. The molecule has 4 aromatic rings. The first-order valence-electron chi connectivity index (χ1n) is 22.4. The molecule has 1 saturated carbocycles. The lowest BCUT2D eigenvalue weighted by Crippen LogP contribution is -2.55. The van der Waals surface area contributed by atoms with Crippen LogP contribution >= 0.6 is 0 Å². The first kappa shape index (κ1) is 43.6. The number of allylic oxidation sites excluding steroid dienone is 1. The standard InChI is InChI=1S/C49H61N7O7/c1-9-37(50-28(6)40-11-10-20-55(40)46(57)42(26(2)3)53-48(59)61-7)31-14-17-35-33(21-31)25-63-41-24-30(13-18-36(35)41)29-15-19-38-39(23-29)52-45(51-38)44-32-12-16-34(22-32)56(44)47(58)43(27(4)5)54-49(60)62-8/h9,13-15,17-19,21,23-24,26-28,32,34,40,42-44,50H,10-12,16,20,22,25H2,1-8H3,(H,51,52)(H,53,59)(H,54,60)/b37-9-/t28?,32-,34+,40-,42-,43-,44-/m0/s1. The highest BCUT2D eigenvalue weighted by molar-refractivity contribution is 5.89. The van der Waals surface area contributed by atoms with Gasteiger partial charge in [0.05, 0.1) is 37.3 Å². The molecule has 4 aliphatic rings. The summed E-state index contributed by atoms with van der Waals surface area (Å²) in [6.07, 6.45) is 5.53. The predicted octanol–water partition coefficient (Wildman–Crippen LogP) is 7.93. The molecule has 7 atom stereocenters. The third-order valence-corrected chi connectivity index (χ3v) is 13.6. The fraction of sp³-hybridized carbons (Fsp3) is 0.490. The van der Waals surface area contributed by atoms with Crippen molar-refractivity contribution >= 4 is 40.7 Å². The van der Waals surface area contributed by atoms with Gasteiger partial charge >= 0.3 is 12.2 Å². The summed E-state index contributed by atoms with van der Waals surface area (Å²) in [6, 6.07) is 17.5. The summed E-state index contributed by atoms with van der Waals surface area (Å²) in [5, 5.41) is 9.23. The Morgan fingerprint density at radius 3 is 2.21 bits per heavy atom. The number of rotatable bonds is 12. The number of carbonyl (C=O) groups excluding carboxylic acids is 4. The Morgan fingerprint density at radius 2 is 1.51 bits per heavy atom. The van der Waals surface area contributed by atoms with Gasteiger partial charge in [0.1, 0.15) is 30.3 Å². The summed E-state index contributed by atoms with van der Waals surface area (Å²) in [6.45, 7) is 12.9. The number of aromatic amines is 1. The summed E-state index contributed by atoms with van der Waals surface area (Å²) in [5.41, 5.74) is 9.04. The van der Waals surface area contributed by atoms with E-state index in [4.69, 9.17) is 19.2 Å². The third-order valence-electron chi connectivity index (χ3n) is 13.6. The van der Waals surface area contributed by atoms with E-state index in [1.807, 2.05) is 50.5 Å². The molecule has 3 aliphatic heterocycles. The Morgan fingerprint density at radius 1 is 0.825 bits per heavy atom. The number of benzene rings is 3. The lowest BCUT2D eigenvalue weighted by Gasteiger charge is -2.37. The molecule has 1 aromatic heterocycles. The molecule has 14 heteroatoms. The zero-order valence-electron chi connectivity index (χ0n) is 37.6. The van der Waals surface area contributed by atoms with E-state index < -0.39 is 24.3 Å². The zero-order valence-corrected chi connectivity index (χ0v) is 37.6. The number of H-pyrrole nitrogens is 1. The summed E-state index contributed by atoms with van der Waals surface area (Å²) in [5.74, 6) is 1.52. The quantitative estimate of drug-likeness (QED) is 0.111. The van der Waals surface area contributed by atoms with Gasteiger partial charge in [0, 0.05) is 29.9 Å². The number of nitrogens with one attached hydrogen (secondary N) is 4. The lowest BCUT2D eigenvalue weighted by molar-refractivity contribution is -0.139. The van der Waals surface area contributed by atoms with Crippen molar-refractivity contribution in [1.82, 2.24) is 35.7 Å². The number of nitrogens with zero attached hydrogens (tertiary/aromatic N) is 3. The van der Waals surface area contributed by atoms with Gasteiger partial charge < -0.3 is 44.9 Å². The number of alkyl carbamates (subject to hydrolysis) is 2. The smallest absolute Gasteiger partial charge is 0.407 e. The molecule has 4 heterocycles. The molecule has 3 fully saturated rings. The Balaban J connectivity index is 0.974. The normalized spacial score (nSPS) is 21.7. The molecular formula is C49H61N7O7. The van der Waals surface area contributed by atoms with Crippen LogP contribution < -0.4 is 20.7 Å². The Labute approximate surface area is 369 Å². The Hall–Kier alpha value is -6.05. The average Bonchev–Trinajstić information content (AvgIpc) is 4.12. The van der Waals surface area contributed by atoms with Gasteiger partial charge in [-0.15, -0.1) is 0 Å². The van der Waals surface area contributed by atoms with Gasteiger partial charge in [-0.1, -0.05) is 64.1 Å². The molecule has 4 N–H and O–H groups in total. The number of methoxy groups -OCH3 is 2. The number of hydrogen-bond acceptors (Lipinski definition) is 9. The van der Waals surface area contributed by atoms with Crippen molar-refractivity contribution in [2.45, 2.75) is 117 Å². The highest BCUT2D eigenvalue weighted by Crippen LogP contribution is 2.50. The van der Waals surface area contributed by atoms with E-state index in [-0.39, 0.29) is 47.8 Å². The minimum absolute atomic E-state index is 0.0320. The third kappa shape index (κ3) is 8.43. The van der Waals surface area contributed by atoms with Crippen LogP contribution in [-0.2, 0) is 25.7 Å². The molecule has 3 aromatic carbocycles. The number of piperidine rings is 1. The van der Waals surface area contributed by atoms with E-state index in [1.54, 1.807) is 0 Å². The van der Waals surface area contributed by atoms with Crippen molar-refractivity contribution in [3.05, 3.63) is 77.6 Å². The second-order valence-electron chi connectivity index (χ2n) is 18.2. The number of amides is 4. The van der Waals surface area contributed by atoms with Crippen LogP contribution in [0.5, 0.6) is 5.75 Å². The van der Waals surface area contributed by atoms with E-state index in [1.165, 1.54) is 14.2 Å². The maximum Gasteiger partial charge on any atom is 0.407 e. The fourth-order valence-electron chi connectivity index (χ4n) is 10.3. The van der Waals surface area contributed by atoms with E-state index in [0.717, 1.165) is 93.8 Å². The average molecular weight is 860 g/mol.